The molecule has 0 spiro atoms. The molecule has 0 unspecified atom stereocenters. The molecule has 1 aromatic carbocycles. The van der Waals surface area contributed by atoms with Crippen molar-refractivity contribution in [3.63, 3.8) is 0 Å². The molecule has 2 rings (SSSR count). The molecule has 4 nitrogen and oxygen atoms in total. The number of nitrogens with two attached hydrogens (primary N) is 1. The zero-order valence-electron chi connectivity index (χ0n) is 11.5. The highest BCUT2D eigenvalue weighted by Gasteiger charge is 2.33. The number of alkyl halides is 3. The number of halogens is 3. The fourth-order valence-corrected chi connectivity index (χ4v) is 2.40. The number of amides is 2. The third kappa shape index (κ3) is 3.87. The number of rotatable bonds is 2. The van der Waals surface area contributed by atoms with E-state index in [1.165, 1.54) is 12.1 Å². The highest BCUT2D eigenvalue weighted by molar-refractivity contribution is 5.89. The van der Waals surface area contributed by atoms with Gasteiger partial charge >= 0.3 is 12.2 Å². The highest BCUT2D eigenvalue weighted by atomic mass is 19.4. The van der Waals surface area contributed by atoms with Crippen LogP contribution >= 0.6 is 0 Å². The molecule has 1 heterocycles. The number of carbonyl (C=O) groups excluding carboxylic acids is 1. The second-order valence-electron chi connectivity index (χ2n) is 5.05. The summed E-state index contributed by atoms with van der Waals surface area (Å²) in [6.07, 6.45) is -1.56. The Bertz CT molecular complexity index is 511. The van der Waals surface area contributed by atoms with E-state index in [0.29, 0.717) is 13.1 Å². The number of nitrogens with zero attached hydrogens (tertiary/aromatic N) is 1. The van der Waals surface area contributed by atoms with Gasteiger partial charge in [0.2, 0.25) is 0 Å². The summed E-state index contributed by atoms with van der Waals surface area (Å²) in [5.41, 5.74) is 4.66. The van der Waals surface area contributed by atoms with Gasteiger partial charge in [0, 0.05) is 25.3 Å². The van der Waals surface area contributed by atoms with Crippen molar-refractivity contribution in [3.05, 3.63) is 29.3 Å². The highest BCUT2D eigenvalue weighted by Crippen LogP contribution is 2.33. The molecule has 0 radical (unpaired) electrons. The van der Waals surface area contributed by atoms with E-state index in [-0.39, 0.29) is 23.8 Å². The lowest BCUT2D eigenvalue weighted by Crippen LogP contribution is -2.38. The first kappa shape index (κ1) is 15.6. The number of urea groups is 1. The van der Waals surface area contributed by atoms with Gasteiger partial charge in [-0.3, -0.25) is 0 Å². The Morgan fingerprint density at radius 1 is 1.24 bits per heavy atom. The average Bonchev–Trinajstić information content (AvgIpc) is 2.47. The molecule has 2 amide bonds. The minimum Gasteiger partial charge on any atom is -0.326 e. The van der Waals surface area contributed by atoms with Crippen LogP contribution in [0, 0.1) is 0 Å². The smallest absolute Gasteiger partial charge is 0.326 e. The number of likely N-dealkylation sites (tertiary alicyclic amines) is 1. The lowest BCUT2D eigenvalue weighted by atomic mass is 10.1. The number of hydrogen-bond acceptors (Lipinski definition) is 2. The molecule has 1 aliphatic rings. The summed E-state index contributed by atoms with van der Waals surface area (Å²) in [6.45, 7) is 1.08. The van der Waals surface area contributed by atoms with Crippen molar-refractivity contribution in [1.82, 2.24) is 4.90 Å². The minimum absolute atomic E-state index is 0.0125. The van der Waals surface area contributed by atoms with E-state index >= 15 is 0 Å². The Morgan fingerprint density at radius 3 is 2.48 bits per heavy atom. The van der Waals surface area contributed by atoms with E-state index in [2.05, 4.69) is 5.32 Å². The van der Waals surface area contributed by atoms with Crippen molar-refractivity contribution in [2.75, 3.05) is 18.4 Å². The number of benzene rings is 1. The second-order valence-corrected chi connectivity index (χ2v) is 5.05. The van der Waals surface area contributed by atoms with Gasteiger partial charge in [0.25, 0.3) is 0 Å². The molecular weight excluding hydrogens is 283 g/mol. The third-order valence-corrected chi connectivity index (χ3v) is 3.53. The number of carbonyl (C=O) groups is 1. The predicted octanol–water partition coefficient (Wildman–Crippen LogP) is 3.18. The molecule has 116 valence electrons. The first-order valence-corrected chi connectivity index (χ1v) is 6.88. The van der Waals surface area contributed by atoms with Crippen LogP contribution in [0.15, 0.2) is 18.2 Å². The van der Waals surface area contributed by atoms with Gasteiger partial charge in [-0.15, -0.1) is 0 Å². The molecule has 21 heavy (non-hydrogen) atoms. The van der Waals surface area contributed by atoms with Crippen LogP contribution in [0.3, 0.4) is 0 Å². The number of hydrogen-bond donors (Lipinski definition) is 2. The first-order chi connectivity index (χ1) is 9.91. The number of nitrogens with one attached hydrogen (secondary N) is 1. The van der Waals surface area contributed by atoms with E-state index in [0.717, 1.165) is 25.3 Å². The normalized spacial score (nSPS) is 15.9. The first-order valence-electron chi connectivity index (χ1n) is 6.88. The van der Waals surface area contributed by atoms with Crippen LogP contribution in [0.5, 0.6) is 0 Å². The third-order valence-electron chi connectivity index (χ3n) is 3.53. The minimum atomic E-state index is -4.49. The van der Waals surface area contributed by atoms with Crippen LogP contribution in [-0.4, -0.2) is 24.0 Å². The van der Waals surface area contributed by atoms with Crippen LogP contribution < -0.4 is 11.1 Å². The average molecular weight is 301 g/mol. The van der Waals surface area contributed by atoms with Gasteiger partial charge < -0.3 is 16.0 Å². The Hall–Kier alpha value is -1.76. The van der Waals surface area contributed by atoms with Gasteiger partial charge in [0.1, 0.15) is 0 Å². The van der Waals surface area contributed by atoms with Crippen LogP contribution in [0.4, 0.5) is 23.7 Å². The van der Waals surface area contributed by atoms with Crippen LogP contribution in [-0.2, 0) is 12.7 Å². The molecule has 0 aromatic heterocycles. The second kappa shape index (κ2) is 6.34. The quantitative estimate of drug-likeness (QED) is 0.881. The van der Waals surface area contributed by atoms with Gasteiger partial charge in [-0.2, -0.15) is 13.2 Å². The van der Waals surface area contributed by atoms with E-state index in [4.69, 9.17) is 5.73 Å². The number of piperidine rings is 1. The molecule has 7 heteroatoms. The maximum atomic E-state index is 12.9. The zero-order chi connectivity index (χ0) is 15.5. The molecule has 1 aliphatic heterocycles. The number of anilines is 1. The predicted molar refractivity (Wildman–Crippen MR) is 73.8 cm³/mol. The van der Waals surface area contributed by atoms with Gasteiger partial charge in [0.15, 0.2) is 0 Å². The van der Waals surface area contributed by atoms with Crippen molar-refractivity contribution in [3.8, 4) is 0 Å². The summed E-state index contributed by atoms with van der Waals surface area (Å²) in [7, 11) is 0. The monoisotopic (exact) mass is 301 g/mol. The van der Waals surface area contributed by atoms with Gasteiger partial charge in [-0.05, 0) is 37.0 Å². The maximum absolute atomic E-state index is 12.9. The standard InChI is InChI=1S/C14H18F3N3O/c15-14(16,17)12-8-11(5-4-10(12)9-18)19-13(21)20-6-2-1-3-7-20/h4-5,8H,1-3,6-7,9,18H2,(H,19,21). The Kier molecular flexibility index (Phi) is 4.72. The van der Waals surface area contributed by atoms with Crippen LogP contribution in [0.1, 0.15) is 30.4 Å². The largest absolute Gasteiger partial charge is 0.416 e. The van der Waals surface area contributed by atoms with Crippen molar-refractivity contribution >= 4 is 11.7 Å². The fourth-order valence-electron chi connectivity index (χ4n) is 2.40. The van der Waals surface area contributed by atoms with Gasteiger partial charge in [-0.1, -0.05) is 6.07 Å². The summed E-state index contributed by atoms with van der Waals surface area (Å²) in [5, 5.41) is 2.52. The Morgan fingerprint density at radius 2 is 1.90 bits per heavy atom. The fraction of sp³-hybridized carbons (Fsp3) is 0.500. The summed E-state index contributed by atoms with van der Waals surface area (Å²) >= 11 is 0. The molecule has 0 aliphatic carbocycles. The van der Waals surface area contributed by atoms with E-state index < -0.39 is 11.7 Å². The molecule has 1 saturated heterocycles. The zero-order valence-corrected chi connectivity index (χ0v) is 11.5. The summed E-state index contributed by atoms with van der Waals surface area (Å²) in [5.74, 6) is 0. The van der Waals surface area contributed by atoms with Crippen LogP contribution in [0.2, 0.25) is 0 Å². The van der Waals surface area contributed by atoms with E-state index in [1.54, 1.807) is 4.90 Å². The van der Waals surface area contributed by atoms with Crippen molar-refractivity contribution in [1.29, 1.82) is 0 Å². The molecule has 0 atom stereocenters. The lowest BCUT2D eigenvalue weighted by molar-refractivity contribution is -0.138. The molecule has 0 bridgehead atoms. The summed E-state index contributed by atoms with van der Waals surface area (Å²) < 4.78 is 38.8. The molecule has 3 N–H and O–H groups in total. The molecule has 0 saturated carbocycles. The Labute approximate surface area is 121 Å². The molecular formula is C14H18F3N3O. The van der Waals surface area contributed by atoms with Crippen LogP contribution in [0.25, 0.3) is 0 Å². The van der Waals surface area contributed by atoms with E-state index in [9.17, 15) is 18.0 Å². The van der Waals surface area contributed by atoms with Crippen molar-refractivity contribution < 1.29 is 18.0 Å². The van der Waals surface area contributed by atoms with Crippen molar-refractivity contribution in [2.24, 2.45) is 5.73 Å². The topological polar surface area (TPSA) is 58.4 Å². The maximum Gasteiger partial charge on any atom is 0.416 e. The van der Waals surface area contributed by atoms with Crippen molar-refractivity contribution in [2.45, 2.75) is 32.0 Å². The molecule has 1 aromatic rings. The Balaban J connectivity index is 2.15. The summed E-state index contributed by atoms with van der Waals surface area (Å²) in [4.78, 5) is 13.6. The van der Waals surface area contributed by atoms with Gasteiger partial charge in [0.05, 0.1) is 5.56 Å². The lowest BCUT2D eigenvalue weighted by Gasteiger charge is -2.27. The summed E-state index contributed by atoms with van der Waals surface area (Å²) in [6, 6.07) is 3.32. The van der Waals surface area contributed by atoms with E-state index in [1.807, 2.05) is 0 Å². The molecule has 1 fully saturated rings. The SMILES string of the molecule is NCc1ccc(NC(=O)N2CCCCC2)cc1C(F)(F)F. The van der Waals surface area contributed by atoms with Gasteiger partial charge in [-0.25, -0.2) is 4.79 Å².